The van der Waals surface area contributed by atoms with E-state index >= 15 is 0 Å². The van der Waals surface area contributed by atoms with Crippen molar-refractivity contribution in [2.75, 3.05) is 13.2 Å². The summed E-state index contributed by atoms with van der Waals surface area (Å²) in [5.74, 6) is 0.660. The van der Waals surface area contributed by atoms with Gasteiger partial charge in [0.05, 0.1) is 17.8 Å². The van der Waals surface area contributed by atoms with Gasteiger partial charge in [0.1, 0.15) is 4.83 Å². The van der Waals surface area contributed by atoms with Gasteiger partial charge in [-0.15, -0.1) is 11.3 Å². The summed E-state index contributed by atoms with van der Waals surface area (Å²) in [5.41, 5.74) is 1.36. The van der Waals surface area contributed by atoms with Crippen LogP contribution in [0, 0.1) is 5.92 Å². The smallest absolute Gasteiger partial charge is 0.262 e. The Morgan fingerprint density at radius 1 is 1.38 bits per heavy atom. The van der Waals surface area contributed by atoms with Crippen LogP contribution in [0.2, 0.25) is 0 Å². The van der Waals surface area contributed by atoms with Gasteiger partial charge < -0.3 is 10.1 Å². The molecule has 6 heteroatoms. The average molecular weight is 378 g/mol. The van der Waals surface area contributed by atoms with E-state index in [1.807, 2.05) is 13.8 Å². The third kappa shape index (κ3) is 4.53. The van der Waals surface area contributed by atoms with Crippen molar-refractivity contribution in [1.82, 2.24) is 14.9 Å². The summed E-state index contributed by atoms with van der Waals surface area (Å²) in [6, 6.07) is 0.522. The first-order valence-corrected chi connectivity index (χ1v) is 10.6. The predicted molar refractivity (Wildman–Crippen MR) is 108 cm³/mol. The van der Waals surface area contributed by atoms with Crippen molar-refractivity contribution in [2.24, 2.45) is 5.92 Å². The summed E-state index contributed by atoms with van der Waals surface area (Å²) in [7, 11) is 0. The van der Waals surface area contributed by atoms with Crippen LogP contribution in [0.15, 0.2) is 11.1 Å². The van der Waals surface area contributed by atoms with Gasteiger partial charge in [0.15, 0.2) is 0 Å². The van der Waals surface area contributed by atoms with Gasteiger partial charge in [-0.1, -0.05) is 13.8 Å². The minimum Gasteiger partial charge on any atom is -0.379 e. The molecule has 1 N–H and O–H groups in total. The molecular formula is C20H31N3O2S. The molecule has 0 radical (unpaired) electrons. The van der Waals surface area contributed by atoms with E-state index in [1.54, 1.807) is 22.2 Å². The van der Waals surface area contributed by atoms with E-state index in [1.165, 1.54) is 10.4 Å². The number of aryl methyl sites for hydroxylation is 2. The Kier molecular flexibility index (Phi) is 6.48. The lowest BCUT2D eigenvalue weighted by molar-refractivity contribution is 0.0747. The lowest BCUT2D eigenvalue weighted by atomic mass is 9.93. The molecule has 0 bridgehead atoms. The zero-order chi connectivity index (χ0) is 18.7. The summed E-state index contributed by atoms with van der Waals surface area (Å²) < 4.78 is 7.33. The molecule has 0 aliphatic heterocycles. The molecule has 2 aromatic rings. The van der Waals surface area contributed by atoms with Gasteiger partial charge in [-0.05, 0) is 57.6 Å². The van der Waals surface area contributed by atoms with Crippen molar-refractivity contribution in [3.8, 4) is 0 Å². The van der Waals surface area contributed by atoms with Gasteiger partial charge in [-0.2, -0.15) is 0 Å². The molecule has 1 unspecified atom stereocenters. The molecule has 2 heterocycles. The van der Waals surface area contributed by atoms with Crippen LogP contribution in [-0.2, 0) is 24.1 Å². The number of hydrogen-bond donors (Lipinski definition) is 1. The second-order valence-electron chi connectivity index (χ2n) is 7.94. The fourth-order valence-corrected chi connectivity index (χ4v) is 4.75. The Bertz CT molecular complexity index is 794. The summed E-state index contributed by atoms with van der Waals surface area (Å²) in [5, 5.41) is 4.53. The standard InChI is InChI=1S/C20H31N3O2S/c1-13(2)11-21-15-6-7-16-17(10-15)26-19-18(16)20(24)23(12-22-19)8-5-9-25-14(3)4/h12-15,21H,5-11H2,1-4H3. The van der Waals surface area contributed by atoms with E-state index in [4.69, 9.17) is 4.74 Å². The van der Waals surface area contributed by atoms with E-state index in [0.29, 0.717) is 25.1 Å². The minimum absolute atomic E-state index is 0.116. The van der Waals surface area contributed by atoms with Gasteiger partial charge in [-0.25, -0.2) is 4.98 Å². The number of thiophene rings is 1. The van der Waals surface area contributed by atoms with E-state index < -0.39 is 0 Å². The Morgan fingerprint density at radius 3 is 2.92 bits per heavy atom. The molecule has 2 aromatic heterocycles. The van der Waals surface area contributed by atoms with E-state index in [9.17, 15) is 4.79 Å². The zero-order valence-electron chi connectivity index (χ0n) is 16.4. The minimum atomic E-state index is 0.116. The Balaban J connectivity index is 1.74. The first-order chi connectivity index (χ1) is 12.5. The highest BCUT2D eigenvalue weighted by Crippen LogP contribution is 2.33. The lowest BCUT2D eigenvalue weighted by Crippen LogP contribution is -2.36. The van der Waals surface area contributed by atoms with E-state index in [2.05, 4.69) is 24.1 Å². The highest BCUT2D eigenvalue weighted by atomic mass is 32.1. The number of nitrogens with zero attached hydrogens (tertiary/aromatic N) is 2. The molecule has 1 atom stereocenters. The van der Waals surface area contributed by atoms with Crippen LogP contribution in [0.4, 0.5) is 0 Å². The Hall–Kier alpha value is -1.24. The third-order valence-corrected chi connectivity index (χ3v) is 6.01. The van der Waals surface area contributed by atoms with Crippen molar-refractivity contribution in [2.45, 2.75) is 72.1 Å². The van der Waals surface area contributed by atoms with Crippen molar-refractivity contribution >= 4 is 21.6 Å². The molecule has 144 valence electrons. The molecule has 0 spiro atoms. The zero-order valence-corrected chi connectivity index (χ0v) is 17.2. The molecule has 5 nitrogen and oxygen atoms in total. The topological polar surface area (TPSA) is 56.1 Å². The van der Waals surface area contributed by atoms with Crippen LogP contribution >= 0.6 is 11.3 Å². The normalized spacial score (nSPS) is 17.4. The molecular weight excluding hydrogens is 346 g/mol. The molecule has 0 aromatic carbocycles. The number of aromatic nitrogens is 2. The van der Waals surface area contributed by atoms with Crippen LogP contribution in [0.5, 0.6) is 0 Å². The second-order valence-corrected chi connectivity index (χ2v) is 9.03. The van der Waals surface area contributed by atoms with Gasteiger partial charge in [0, 0.05) is 24.1 Å². The van der Waals surface area contributed by atoms with Crippen molar-refractivity contribution in [3.05, 3.63) is 27.1 Å². The number of fused-ring (bicyclic) bond motifs is 3. The van der Waals surface area contributed by atoms with Crippen molar-refractivity contribution < 1.29 is 4.74 Å². The molecule has 1 aliphatic rings. The quantitative estimate of drug-likeness (QED) is 0.717. The fourth-order valence-electron chi connectivity index (χ4n) is 3.49. The Morgan fingerprint density at radius 2 is 2.19 bits per heavy atom. The molecule has 3 rings (SSSR count). The van der Waals surface area contributed by atoms with Gasteiger partial charge >= 0.3 is 0 Å². The van der Waals surface area contributed by atoms with Gasteiger partial charge in [-0.3, -0.25) is 9.36 Å². The summed E-state index contributed by atoms with van der Waals surface area (Å²) in [6.45, 7) is 10.9. The van der Waals surface area contributed by atoms with Crippen LogP contribution in [0.3, 0.4) is 0 Å². The highest BCUT2D eigenvalue weighted by molar-refractivity contribution is 7.18. The number of ether oxygens (including phenoxy) is 1. The van der Waals surface area contributed by atoms with E-state index in [-0.39, 0.29) is 11.7 Å². The number of rotatable bonds is 8. The molecule has 0 saturated heterocycles. The maximum absolute atomic E-state index is 13.0. The fraction of sp³-hybridized carbons (Fsp3) is 0.700. The van der Waals surface area contributed by atoms with Crippen molar-refractivity contribution in [3.63, 3.8) is 0 Å². The maximum atomic E-state index is 13.0. The van der Waals surface area contributed by atoms with Crippen LogP contribution in [0.1, 0.15) is 51.0 Å². The molecule has 26 heavy (non-hydrogen) atoms. The van der Waals surface area contributed by atoms with Gasteiger partial charge in [0.2, 0.25) is 0 Å². The van der Waals surface area contributed by atoms with E-state index in [0.717, 1.165) is 42.4 Å². The van der Waals surface area contributed by atoms with Gasteiger partial charge in [0.25, 0.3) is 5.56 Å². The summed E-state index contributed by atoms with van der Waals surface area (Å²) >= 11 is 1.70. The monoisotopic (exact) mass is 377 g/mol. The van der Waals surface area contributed by atoms with Crippen LogP contribution < -0.4 is 10.9 Å². The first kappa shape index (κ1) is 19.5. The number of nitrogens with one attached hydrogen (secondary N) is 1. The summed E-state index contributed by atoms with van der Waals surface area (Å²) in [4.78, 5) is 19.8. The maximum Gasteiger partial charge on any atom is 0.262 e. The molecule has 0 amide bonds. The molecule has 0 fully saturated rings. The average Bonchev–Trinajstić information content (AvgIpc) is 2.96. The SMILES string of the molecule is CC(C)CNC1CCc2c(sc3ncn(CCCOC(C)C)c(=O)c23)C1. The van der Waals surface area contributed by atoms with Crippen LogP contribution in [-0.4, -0.2) is 34.8 Å². The molecule has 1 aliphatic carbocycles. The molecule has 0 saturated carbocycles. The lowest BCUT2D eigenvalue weighted by Gasteiger charge is -2.24. The second kappa shape index (κ2) is 8.63. The first-order valence-electron chi connectivity index (χ1n) is 9.80. The third-order valence-electron chi connectivity index (χ3n) is 4.85. The predicted octanol–water partition coefficient (Wildman–Crippen LogP) is 3.38. The Labute approximate surface area is 159 Å². The number of hydrogen-bond acceptors (Lipinski definition) is 5. The summed E-state index contributed by atoms with van der Waals surface area (Å²) in [6.07, 6.45) is 5.86. The van der Waals surface area contributed by atoms with Crippen LogP contribution in [0.25, 0.3) is 10.2 Å². The highest BCUT2D eigenvalue weighted by Gasteiger charge is 2.25. The largest absolute Gasteiger partial charge is 0.379 e. The van der Waals surface area contributed by atoms with Crippen molar-refractivity contribution in [1.29, 1.82) is 0 Å².